The minimum Gasteiger partial charge on any atom is -0.366 e. The van der Waals surface area contributed by atoms with Crippen molar-refractivity contribution in [2.45, 2.75) is 26.7 Å². The van der Waals surface area contributed by atoms with Crippen molar-refractivity contribution in [2.24, 2.45) is 0 Å². The largest absolute Gasteiger partial charge is 0.366 e. The predicted octanol–water partition coefficient (Wildman–Crippen LogP) is 2.73. The third kappa shape index (κ3) is 3.20. The van der Waals surface area contributed by atoms with Gasteiger partial charge < -0.3 is 10.6 Å². The molecule has 0 bridgehead atoms. The highest BCUT2D eigenvalue weighted by Gasteiger charge is 2.02. The molecule has 0 atom stereocenters. The zero-order valence-electron chi connectivity index (χ0n) is 9.55. The molecule has 1 aromatic carbocycles. The Bertz CT molecular complexity index is 347. The summed E-state index contributed by atoms with van der Waals surface area (Å²) in [5.41, 5.74) is 3.79. The number of thiocarbonyl (C=S) groups is 1. The Kier molecular flexibility index (Phi) is 4.56. The quantitative estimate of drug-likeness (QED) is 0.769. The number of benzene rings is 1. The number of aryl methyl sites for hydroxylation is 2. The van der Waals surface area contributed by atoms with Crippen LogP contribution in [0.1, 0.15) is 25.0 Å². The van der Waals surface area contributed by atoms with Gasteiger partial charge in [-0.1, -0.05) is 26.0 Å². The monoisotopic (exact) mass is 222 g/mol. The molecular formula is C12H18N2S. The molecule has 15 heavy (non-hydrogen) atoms. The van der Waals surface area contributed by atoms with E-state index in [2.05, 4.69) is 42.7 Å². The third-order valence-corrected chi connectivity index (χ3v) is 2.74. The minimum atomic E-state index is 0.661. The zero-order chi connectivity index (χ0) is 11.3. The molecule has 0 spiro atoms. The summed E-state index contributed by atoms with van der Waals surface area (Å²) < 4.78 is 0. The summed E-state index contributed by atoms with van der Waals surface area (Å²) in [6.45, 7) is 4.32. The Hall–Kier alpha value is -1.09. The van der Waals surface area contributed by atoms with Gasteiger partial charge in [-0.15, -0.1) is 0 Å². The van der Waals surface area contributed by atoms with Crippen molar-refractivity contribution in [3.05, 3.63) is 29.3 Å². The molecule has 2 nitrogen and oxygen atoms in total. The molecule has 0 aromatic heterocycles. The van der Waals surface area contributed by atoms with Gasteiger partial charge >= 0.3 is 0 Å². The fourth-order valence-corrected chi connectivity index (χ4v) is 1.58. The number of anilines is 1. The molecule has 0 saturated carbocycles. The second kappa shape index (κ2) is 5.71. The summed E-state index contributed by atoms with van der Waals surface area (Å²) in [6.07, 6.45) is 2.09. The maximum atomic E-state index is 5.08. The van der Waals surface area contributed by atoms with E-state index in [1.807, 2.05) is 7.05 Å². The summed E-state index contributed by atoms with van der Waals surface area (Å²) in [6, 6.07) is 6.47. The molecule has 82 valence electrons. The van der Waals surface area contributed by atoms with E-state index in [1.54, 1.807) is 0 Å². The van der Waals surface area contributed by atoms with Gasteiger partial charge in [-0.05, 0) is 42.3 Å². The number of hydrogen-bond acceptors (Lipinski definition) is 1. The Labute approximate surface area is 97.1 Å². The van der Waals surface area contributed by atoms with Crippen LogP contribution in [0.15, 0.2) is 18.2 Å². The zero-order valence-corrected chi connectivity index (χ0v) is 10.4. The van der Waals surface area contributed by atoms with Crippen LogP contribution >= 0.6 is 12.2 Å². The van der Waals surface area contributed by atoms with E-state index >= 15 is 0 Å². The lowest BCUT2D eigenvalue weighted by Crippen LogP contribution is -2.24. The van der Waals surface area contributed by atoms with Crippen molar-refractivity contribution in [3.8, 4) is 0 Å². The van der Waals surface area contributed by atoms with E-state index in [9.17, 15) is 0 Å². The number of rotatable bonds is 3. The lowest BCUT2D eigenvalue weighted by atomic mass is 10.0. The maximum Gasteiger partial charge on any atom is 0.170 e. The maximum absolute atomic E-state index is 5.08. The van der Waals surface area contributed by atoms with Crippen LogP contribution in [0, 0.1) is 0 Å². The van der Waals surface area contributed by atoms with E-state index in [4.69, 9.17) is 12.2 Å². The fourth-order valence-electron chi connectivity index (χ4n) is 1.47. The highest BCUT2D eigenvalue weighted by atomic mass is 32.1. The van der Waals surface area contributed by atoms with E-state index in [0.717, 1.165) is 18.5 Å². The average Bonchev–Trinajstić information content (AvgIpc) is 2.29. The van der Waals surface area contributed by atoms with Crippen LogP contribution in [0.25, 0.3) is 0 Å². The van der Waals surface area contributed by atoms with Gasteiger partial charge in [0.25, 0.3) is 0 Å². The Balaban J connectivity index is 2.92. The standard InChI is InChI=1S/C12H18N2S/c1-4-9-6-7-11(10(5-2)8-9)14-12(15)13-3/h6-8H,4-5H2,1-3H3,(H2,13,14,15). The van der Waals surface area contributed by atoms with Gasteiger partial charge in [0.1, 0.15) is 0 Å². The van der Waals surface area contributed by atoms with Crippen LogP contribution in [0.5, 0.6) is 0 Å². The molecule has 0 saturated heterocycles. The molecule has 0 unspecified atom stereocenters. The molecule has 2 N–H and O–H groups in total. The van der Waals surface area contributed by atoms with Crippen molar-refractivity contribution in [1.82, 2.24) is 5.32 Å². The van der Waals surface area contributed by atoms with Gasteiger partial charge in [0.2, 0.25) is 0 Å². The predicted molar refractivity (Wildman–Crippen MR) is 70.5 cm³/mol. The van der Waals surface area contributed by atoms with Crippen molar-refractivity contribution in [2.75, 3.05) is 12.4 Å². The molecule has 3 heteroatoms. The van der Waals surface area contributed by atoms with Crippen molar-refractivity contribution in [3.63, 3.8) is 0 Å². The Morgan fingerprint density at radius 2 is 2.00 bits per heavy atom. The molecular weight excluding hydrogens is 204 g/mol. The molecule has 1 aromatic rings. The number of nitrogens with one attached hydrogen (secondary N) is 2. The molecule has 0 aliphatic heterocycles. The fraction of sp³-hybridized carbons (Fsp3) is 0.417. The van der Waals surface area contributed by atoms with Crippen molar-refractivity contribution >= 4 is 23.0 Å². The van der Waals surface area contributed by atoms with E-state index in [1.165, 1.54) is 11.1 Å². The van der Waals surface area contributed by atoms with Gasteiger partial charge in [0.05, 0.1) is 0 Å². The molecule has 0 aliphatic rings. The number of hydrogen-bond donors (Lipinski definition) is 2. The lowest BCUT2D eigenvalue weighted by molar-refractivity contribution is 1.09. The van der Waals surface area contributed by atoms with Crippen LogP contribution in [-0.2, 0) is 12.8 Å². The molecule has 0 fully saturated rings. The second-order valence-corrected chi connectivity index (χ2v) is 3.81. The van der Waals surface area contributed by atoms with Gasteiger partial charge in [-0.3, -0.25) is 0 Å². The lowest BCUT2D eigenvalue weighted by Gasteiger charge is -2.12. The summed E-state index contributed by atoms with van der Waals surface area (Å²) in [7, 11) is 1.82. The molecule has 1 rings (SSSR count). The van der Waals surface area contributed by atoms with Gasteiger partial charge in [-0.25, -0.2) is 0 Å². The normalized spacial score (nSPS) is 9.80. The topological polar surface area (TPSA) is 24.1 Å². The third-order valence-electron chi connectivity index (χ3n) is 2.43. The summed E-state index contributed by atoms with van der Waals surface area (Å²) in [5, 5.41) is 6.76. The molecule has 0 amide bonds. The first kappa shape index (κ1) is 12.0. The van der Waals surface area contributed by atoms with Crippen LogP contribution < -0.4 is 10.6 Å². The first-order valence-electron chi connectivity index (χ1n) is 5.31. The smallest absolute Gasteiger partial charge is 0.170 e. The summed E-state index contributed by atoms with van der Waals surface area (Å²) in [5.74, 6) is 0. The molecule has 0 radical (unpaired) electrons. The van der Waals surface area contributed by atoms with Crippen LogP contribution in [0.2, 0.25) is 0 Å². The minimum absolute atomic E-state index is 0.661. The Morgan fingerprint density at radius 3 is 2.53 bits per heavy atom. The summed E-state index contributed by atoms with van der Waals surface area (Å²) >= 11 is 5.08. The molecule has 0 heterocycles. The highest BCUT2D eigenvalue weighted by molar-refractivity contribution is 7.80. The van der Waals surface area contributed by atoms with Gasteiger partial charge in [0.15, 0.2) is 5.11 Å². The van der Waals surface area contributed by atoms with Gasteiger partial charge in [-0.2, -0.15) is 0 Å². The SMILES string of the molecule is CCc1ccc(NC(=S)NC)c(CC)c1. The first-order chi connectivity index (χ1) is 7.21. The van der Waals surface area contributed by atoms with Crippen LogP contribution in [-0.4, -0.2) is 12.2 Å². The van der Waals surface area contributed by atoms with Crippen LogP contribution in [0.3, 0.4) is 0 Å². The second-order valence-electron chi connectivity index (χ2n) is 3.40. The Morgan fingerprint density at radius 1 is 1.27 bits per heavy atom. The van der Waals surface area contributed by atoms with E-state index in [0.29, 0.717) is 5.11 Å². The van der Waals surface area contributed by atoms with Crippen LogP contribution in [0.4, 0.5) is 5.69 Å². The average molecular weight is 222 g/mol. The van der Waals surface area contributed by atoms with Crippen molar-refractivity contribution in [1.29, 1.82) is 0 Å². The molecule has 0 aliphatic carbocycles. The van der Waals surface area contributed by atoms with E-state index < -0.39 is 0 Å². The highest BCUT2D eigenvalue weighted by Crippen LogP contribution is 2.18. The van der Waals surface area contributed by atoms with E-state index in [-0.39, 0.29) is 0 Å². The first-order valence-corrected chi connectivity index (χ1v) is 5.72. The van der Waals surface area contributed by atoms with Crippen molar-refractivity contribution < 1.29 is 0 Å². The summed E-state index contributed by atoms with van der Waals surface area (Å²) in [4.78, 5) is 0. The van der Waals surface area contributed by atoms with Gasteiger partial charge in [0, 0.05) is 12.7 Å².